The minimum Gasteiger partial charge on any atom is -0.351 e. The van der Waals surface area contributed by atoms with Crippen molar-refractivity contribution in [3.05, 3.63) is 35.9 Å². The van der Waals surface area contributed by atoms with Gasteiger partial charge in [0.25, 0.3) is 0 Å². The molecule has 0 atom stereocenters. The zero-order valence-corrected chi connectivity index (χ0v) is 13.9. The summed E-state index contributed by atoms with van der Waals surface area (Å²) in [7, 11) is -1.90. The molecule has 0 radical (unpaired) electrons. The van der Waals surface area contributed by atoms with E-state index in [1.54, 1.807) is 0 Å². The number of carbonyl (C=O) groups excluding carboxylic acids is 1. The number of rotatable bonds is 6. The second-order valence-electron chi connectivity index (χ2n) is 6.11. The lowest BCUT2D eigenvalue weighted by Crippen LogP contribution is -2.41. The molecule has 0 aromatic heterocycles. The molecule has 0 heterocycles. The predicted octanol–water partition coefficient (Wildman–Crippen LogP) is 1.75. The number of hydrogen-bond donors (Lipinski definition) is 1. The van der Waals surface area contributed by atoms with Gasteiger partial charge in [-0.1, -0.05) is 30.3 Å². The van der Waals surface area contributed by atoms with Crippen molar-refractivity contribution in [3.63, 3.8) is 0 Å². The van der Waals surface area contributed by atoms with E-state index in [0.717, 1.165) is 5.56 Å². The van der Waals surface area contributed by atoms with Crippen molar-refractivity contribution in [2.24, 2.45) is 0 Å². The van der Waals surface area contributed by atoms with Gasteiger partial charge in [0.05, 0.1) is 5.75 Å². The summed E-state index contributed by atoms with van der Waals surface area (Å²) in [6.45, 7) is 5.90. The third kappa shape index (κ3) is 6.73. The Labute approximate surface area is 127 Å². The number of nitrogens with one attached hydrogen (secondary N) is 1. The van der Waals surface area contributed by atoms with Crippen molar-refractivity contribution in [1.29, 1.82) is 0 Å². The SMILES string of the molecule is CN(Cc1ccccc1)S(=O)(=O)CCC(=O)NC(C)(C)C. The van der Waals surface area contributed by atoms with Crippen LogP contribution >= 0.6 is 0 Å². The van der Waals surface area contributed by atoms with Crippen LogP contribution in [0.3, 0.4) is 0 Å². The molecule has 6 heteroatoms. The maximum absolute atomic E-state index is 12.2. The van der Waals surface area contributed by atoms with E-state index >= 15 is 0 Å². The molecule has 5 nitrogen and oxygen atoms in total. The normalized spacial score (nSPS) is 12.4. The van der Waals surface area contributed by atoms with E-state index in [-0.39, 0.29) is 23.6 Å². The second-order valence-corrected chi connectivity index (χ2v) is 8.30. The lowest BCUT2D eigenvalue weighted by Gasteiger charge is -2.21. The van der Waals surface area contributed by atoms with Crippen LogP contribution in [0.4, 0.5) is 0 Å². The molecule has 0 bridgehead atoms. The number of amides is 1. The lowest BCUT2D eigenvalue weighted by molar-refractivity contribution is -0.122. The Bertz CT molecular complexity index is 562. The standard InChI is InChI=1S/C15H24N2O3S/c1-15(2,3)16-14(18)10-11-21(19,20)17(4)12-13-8-6-5-7-9-13/h5-9H,10-12H2,1-4H3,(H,16,18). The molecule has 0 spiro atoms. The Hall–Kier alpha value is -1.40. The molecule has 0 unspecified atom stereocenters. The van der Waals surface area contributed by atoms with Crippen molar-refractivity contribution in [3.8, 4) is 0 Å². The molecule has 1 amide bonds. The van der Waals surface area contributed by atoms with Gasteiger partial charge in [0.2, 0.25) is 15.9 Å². The molecule has 0 saturated carbocycles. The number of hydrogen-bond acceptors (Lipinski definition) is 3. The third-order valence-corrected chi connectivity index (χ3v) is 4.62. The molecule has 1 N–H and O–H groups in total. The number of carbonyl (C=O) groups is 1. The van der Waals surface area contributed by atoms with Crippen LogP contribution in [0.2, 0.25) is 0 Å². The largest absolute Gasteiger partial charge is 0.351 e. The monoisotopic (exact) mass is 312 g/mol. The van der Waals surface area contributed by atoms with E-state index in [9.17, 15) is 13.2 Å². The van der Waals surface area contributed by atoms with Crippen LogP contribution in [0.15, 0.2) is 30.3 Å². The Morgan fingerprint density at radius 2 is 1.76 bits per heavy atom. The van der Waals surface area contributed by atoms with Gasteiger partial charge >= 0.3 is 0 Å². The summed E-state index contributed by atoms with van der Waals surface area (Å²) >= 11 is 0. The molecule has 21 heavy (non-hydrogen) atoms. The van der Waals surface area contributed by atoms with Gasteiger partial charge in [-0.2, -0.15) is 0 Å². The fourth-order valence-corrected chi connectivity index (χ4v) is 2.90. The highest BCUT2D eigenvalue weighted by atomic mass is 32.2. The van der Waals surface area contributed by atoms with E-state index in [4.69, 9.17) is 0 Å². The van der Waals surface area contributed by atoms with Gasteiger partial charge in [-0.15, -0.1) is 0 Å². The van der Waals surface area contributed by atoms with E-state index in [1.165, 1.54) is 11.4 Å². The molecule has 0 aliphatic heterocycles. The Kier molecular flexibility index (Phi) is 5.92. The van der Waals surface area contributed by atoms with Crippen LogP contribution in [-0.4, -0.2) is 37.0 Å². The van der Waals surface area contributed by atoms with E-state index < -0.39 is 10.0 Å². The van der Waals surface area contributed by atoms with Crippen LogP contribution in [0.5, 0.6) is 0 Å². The number of benzene rings is 1. The van der Waals surface area contributed by atoms with Crippen LogP contribution in [-0.2, 0) is 21.4 Å². The van der Waals surface area contributed by atoms with E-state index in [0.29, 0.717) is 6.54 Å². The van der Waals surface area contributed by atoms with Gasteiger partial charge in [0.1, 0.15) is 0 Å². The van der Waals surface area contributed by atoms with Gasteiger partial charge in [-0.3, -0.25) is 4.79 Å². The molecule has 1 aromatic carbocycles. The number of sulfonamides is 1. The minimum absolute atomic E-state index is 0.0290. The van der Waals surface area contributed by atoms with Gasteiger partial charge in [-0.05, 0) is 26.3 Å². The lowest BCUT2D eigenvalue weighted by atomic mass is 10.1. The molecule has 1 aromatic rings. The molecule has 1 rings (SSSR count). The van der Waals surface area contributed by atoms with Crippen molar-refractivity contribution < 1.29 is 13.2 Å². The van der Waals surface area contributed by atoms with E-state index in [1.807, 2.05) is 51.1 Å². The summed E-state index contributed by atoms with van der Waals surface area (Å²) in [4.78, 5) is 11.7. The first-order valence-electron chi connectivity index (χ1n) is 6.89. The molecular weight excluding hydrogens is 288 g/mol. The summed E-state index contributed by atoms with van der Waals surface area (Å²) < 4.78 is 25.6. The van der Waals surface area contributed by atoms with Crippen molar-refractivity contribution >= 4 is 15.9 Å². The highest BCUT2D eigenvalue weighted by Gasteiger charge is 2.21. The fourth-order valence-electron chi connectivity index (χ4n) is 1.80. The smallest absolute Gasteiger partial charge is 0.221 e. The van der Waals surface area contributed by atoms with Crippen molar-refractivity contribution in [2.75, 3.05) is 12.8 Å². The molecule has 0 aliphatic carbocycles. The average molecular weight is 312 g/mol. The predicted molar refractivity (Wildman–Crippen MR) is 84.2 cm³/mol. The molecule has 0 fully saturated rings. The third-order valence-electron chi connectivity index (χ3n) is 2.82. The van der Waals surface area contributed by atoms with Crippen LogP contribution in [0.25, 0.3) is 0 Å². The summed E-state index contributed by atoms with van der Waals surface area (Å²) in [6.07, 6.45) is -0.0290. The van der Waals surface area contributed by atoms with Gasteiger partial charge in [0.15, 0.2) is 0 Å². The zero-order chi connectivity index (χ0) is 16.1. The summed E-state index contributed by atoms with van der Waals surface area (Å²) in [6, 6.07) is 9.37. The Morgan fingerprint density at radius 1 is 1.19 bits per heavy atom. The topological polar surface area (TPSA) is 66.5 Å². The Balaban J connectivity index is 2.55. The molecular formula is C15H24N2O3S. The first-order valence-corrected chi connectivity index (χ1v) is 8.50. The van der Waals surface area contributed by atoms with Crippen molar-refractivity contribution in [1.82, 2.24) is 9.62 Å². The zero-order valence-electron chi connectivity index (χ0n) is 13.1. The minimum atomic E-state index is -3.44. The summed E-state index contributed by atoms with van der Waals surface area (Å²) in [5.41, 5.74) is 0.569. The van der Waals surface area contributed by atoms with Gasteiger partial charge in [0, 0.05) is 25.6 Å². The highest BCUT2D eigenvalue weighted by Crippen LogP contribution is 2.09. The summed E-state index contributed by atoms with van der Waals surface area (Å²) in [5, 5.41) is 2.76. The fraction of sp³-hybridized carbons (Fsp3) is 0.533. The molecule has 0 saturated heterocycles. The first kappa shape index (κ1) is 17.7. The average Bonchev–Trinajstić information content (AvgIpc) is 2.36. The highest BCUT2D eigenvalue weighted by molar-refractivity contribution is 7.89. The second kappa shape index (κ2) is 7.04. The van der Waals surface area contributed by atoms with Gasteiger partial charge in [-0.25, -0.2) is 12.7 Å². The van der Waals surface area contributed by atoms with Crippen LogP contribution in [0.1, 0.15) is 32.8 Å². The van der Waals surface area contributed by atoms with Crippen LogP contribution in [0, 0.1) is 0 Å². The van der Waals surface area contributed by atoms with Crippen molar-refractivity contribution in [2.45, 2.75) is 39.3 Å². The quantitative estimate of drug-likeness (QED) is 0.870. The Morgan fingerprint density at radius 3 is 2.29 bits per heavy atom. The maximum atomic E-state index is 12.2. The summed E-state index contributed by atoms with van der Waals surface area (Å²) in [5.74, 6) is -0.433. The van der Waals surface area contributed by atoms with E-state index in [2.05, 4.69) is 5.32 Å². The molecule has 118 valence electrons. The van der Waals surface area contributed by atoms with Gasteiger partial charge < -0.3 is 5.32 Å². The number of nitrogens with zero attached hydrogens (tertiary/aromatic N) is 1. The molecule has 0 aliphatic rings. The van der Waals surface area contributed by atoms with Crippen LogP contribution < -0.4 is 5.32 Å². The maximum Gasteiger partial charge on any atom is 0.221 e. The first-order chi connectivity index (χ1) is 9.60.